The van der Waals surface area contributed by atoms with Crippen LogP contribution in [0.1, 0.15) is 71.1 Å². The van der Waals surface area contributed by atoms with Crippen LogP contribution in [-0.2, 0) is 4.79 Å². The highest BCUT2D eigenvalue weighted by Gasteiger charge is 2.45. The largest absolute Gasteiger partial charge is 0.338 e. The topological polar surface area (TPSA) is 32.3 Å². The van der Waals surface area contributed by atoms with Crippen molar-refractivity contribution in [3.8, 4) is 0 Å². The standard InChI is InChI=1S/C17H30N2O/c1-2-17(10-4-5-11-17)16(20)19-13-6-3-9-15(19)14-8-7-12-18-14/h14-15,18H,2-13H2,1H3. The molecule has 3 aliphatic rings. The summed E-state index contributed by atoms with van der Waals surface area (Å²) in [5.41, 5.74) is -0.00576. The normalized spacial score (nSPS) is 33.5. The molecule has 0 aromatic rings. The molecule has 2 heterocycles. The monoisotopic (exact) mass is 278 g/mol. The number of amides is 1. The van der Waals surface area contributed by atoms with Gasteiger partial charge in [-0.3, -0.25) is 4.79 Å². The Morgan fingerprint density at radius 1 is 1.15 bits per heavy atom. The fourth-order valence-electron chi connectivity index (χ4n) is 4.74. The first-order chi connectivity index (χ1) is 9.77. The zero-order chi connectivity index (χ0) is 14.0. The minimum absolute atomic E-state index is 0.00576. The molecule has 0 aromatic heterocycles. The summed E-state index contributed by atoms with van der Waals surface area (Å²) in [7, 11) is 0. The second-order valence-electron chi connectivity index (χ2n) is 7.11. The third kappa shape index (κ3) is 2.49. The van der Waals surface area contributed by atoms with Crippen molar-refractivity contribution in [2.24, 2.45) is 5.41 Å². The van der Waals surface area contributed by atoms with Crippen molar-refractivity contribution in [1.82, 2.24) is 10.2 Å². The minimum atomic E-state index is -0.00576. The van der Waals surface area contributed by atoms with E-state index in [-0.39, 0.29) is 5.41 Å². The lowest BCUT2D eigenvalue weighted by Gasteiger charge is -2.43. The van der Waals surface area contributed by atoms with Gasteiger partial charge in [0.05, 0.1) is 0 Å². The van der Waals surface area contributed by atoms with Crippen molar-refractivity contribution < 1.29 is 4.79 Å². The van der Waals surface area contributed by atoms with Crippen LogP contribution in [0.4, 0.5) is 0 Å². The number of piperidine rings is 1. The van der Waals surface area contributed by atoms with Gasteiger partial charge < -0.3 is 10.2 Å². The molecule has 2 saturated heterocycles. The van der Waals surface area contributed by atoms with E-state index in [1.54, 1.807) is 0 Å². The van der Waals surface area contributed by atoms with Gasteiger partial charge in [-0.2, -0.15) is 0 Å². The predicted molar refractivity (Wildman–Crippen MR) is 81.6 cm³/mol. The van der Waals surface area contributed by atoms with Crippen LogP contribution >= 0.6 is 0 Å². The molecule has 1 N–H and O–H groups in total. The van der Waals surface area contributed by atoms with Crippen LogP contribution in [0.2, 0.25) is 0 Å². The maximum Gasteiger partial charge on any atom is 0.229 e. The highest BCUT2D eigenvalue weighted by Crippen LogP contribution is 2.43. The first-order valence-corrected chi connectivity index (χ1v) is 8.81. The first-order valence-electron chi connectivity index (χ1n) is 8.81. The van der Waals surface area contributed by atoms with Gasteiger partial charge >= 0.3 is 0 Å². The number of nitrogens with one attached hydrogen (secondary N) is 1. The number of nitrogens with zero attached hydrogens (tertiary/aromatic N) is 1. The first kappa shape index (κ1) is 14.4. The van der Waals surface area contributed by atoms with Gasteiger partial charge in [-0.15, -0.1) is 0 Å². The molecule has 0 bridgehead atoms. The van der Waals surface area contributed by atoms with E-state index in [0.29, 0.717) is 18.0 Å². The molecule has 3 nitrogen and oxygen atoms in total. The second kappa shape index (κ2) is 6.05. The minimum Gasteiger partial charge on any atom is -0.338 e. The molecule has 1 amide bonds. The second-order valence-corrected chi connectivity index (χ2v) is 7.11. The van der Waals surface area contributed by atoms with Gasteiger partial charge in [0.2, 0.25) is 5.91 Å². The summed E-state index contributed by atoms with van der Waals surface area (Å²) in [6, 6.07) is 1.04. The Kier molecular flexibility index (Phi) is 4.34. The van der Waals surface area contributed by atoms with Gasteiger partial charge in [0.25, 0.3) is 0 Å². The van der Waals surface area contributed by atoms with Crippen LogP contribution in [-0.4, -0.2) is 36.0 Å². The van der Waals surface area contributed by atoms with Gasteiger partial charge in [0.1, 0.15) is 0 Å². The number of hydrogen-bond acceptors (Lipinski definition) is 2. The van der Waals surface area contributed by atoms with Crippen LogP contribution in [0.15, 0.2) is 0 Å². The Hall–Kier alpha value is -0.570. The third-order valence-corrected chi connectivity index (χ3v) is 6.06. The average Bonchev–Trinajstić information content (AvgIpc) is 3.18. The van der Waals surface area contributed by atoms with Crippen molar-refractivity contribution in [2.75, 3.05) is 13.1 Å². The number of carbonyl (C=O) groups is 1. The fourth-order valence-corrected chi connectivity index (χ4v) is 4.74. The highest BCUT2D eigenvalue weighted by atomic mass is 16.2. The summed E-state index contributed by atoms with van der Waals surface area (Å²) in [4.78, 5) is 15.5. The molecule has 1 saturated carbocycles. The van der Waals surface area contributed by atoms with Gasteiger partial charge in [-0.05, 0) is 57.9 Å². The van der Waals surface area contributed by atoms with E-state index in [4.69, 9.17) is 0 Å². The zero-order valence-corrected chi connectivity index (χ0v) is 13.0. The Morgan fingerprint density at radius 2 is 1.95 bits per heavy atom. The van der Waals surface area contributed by atoms with Crippen molar-refractivity contribution in [3.05, 3.63) is 0 Å². The molecular weight excluding hydrogens is 248 g/mol. The van der Waals surface area contributed by atoms with E-state index >= 15 is 0 Å². The molecule has 1 aliphatic carbocycles. The molecule has 2 aliphatic heterocycles. The molecule has 0 spiro atoms. The van der Waals surface area contributed by atoms with Crippen molar-refractivity contribution in [2.45, 2.75) is 83.2 Å². The maximum absolute atomic E-state index is 13.2. The van der Waals surface area contributed by atoms with Crippen LogP contribution in [0, 0.1) is 5.41 Å². The molecule has 3 heteroatoms. The molecule has 20 heavy (non-hydrogen) atoms. The van der Waals surface area contributed by atoms with Crippen molar-refractivity contribution in [3.63, 3.8) is 0 Å². The van der Waals surface area contributed by atoms with Gasteiger partial charge in [0.15, 0.2) is 0 Å². The quantitative estimate of drug-likeness (QED) is 0.860. The number of hydrogen-bond donors (Lipinski definition) is 1. The van der Waals surface area contributed by atoms with Gasteiger partial charge in [-0.25, -0.2) is 0 Å². The summed E-state index contributed by atoms with van der Waals surface area (Å²) >= 11 is 0. The van der Waals surface area contributed by atoms with E-state index in [9.17, 15) is 4.79 Å². The van der Waals surface area contributed by atoms with Crippen LogP contribution < -0.4 is 5.32 Å². The molecule has 114 valence electrons. The van der Waals surface area contributed by atoms with E-state index in [1.807, 2.05) is 0 Å². The molecule has 3 fully saturated rings. The smallest absolute Gasteiger partial charge is 0.229 e. The average molecular weight is 278 g/mol. The van der Waals surface area contributed by atoms with Gasteiger partial charge in [-0.1, -0.05) is 19.8 Å². The third-order valence-electron chi connectivity index (χ3n) is 6.06. The Balaban J connectivity index is 1.76. The van der Waals surface area contributed by atoms with Crippen LogP contribution in [0.5, 0.6) is 0 Å². The predicted octanol–water partition coefficient (Wildman–Crippen LogP) is 3.09. The number of carbonyl (C=O) groups excluding carboxylic acids is 1. The Morgan fingerprint density at radius 3 is 2.60 bits per heavy atom. The van der Waals surface area contributed by atoms with E-state index < -0.39 is 0 Å². The fraction of sp³-hybridized carbons (Fsp3) is 0.941. The Labute approximate surface area is 123 Å². The van der Waals surface area contributed by atoms with Crippen molar-refractivity contribution in [1.29, 1.82) is 0 Å². The summed E-state index contributed by atoms with van der Waals surface area (Å²) in [6.45, 7) is 4.36. The van der Waals surface area contributed by atoms with E-state index in [2.05, 4.69) is 17.1 Å². The lowest BCUT2D eigenvalue weighted by molar-refractivity contribution is -0.146. The lowest BCUT2D eigenvalue weighted by atomic mass is 9.80. The molecule has 2 unspecified atom stereocenters. The molecular formula is C17H30N2O. The maximum atomic E-state index is 13.2. The zero-order valence-electron chi connectivity index (χ0n) is 13.0. The summed E-state index contributed by atoms with van der Waals surface area (Å²) in [6.07, 6.45) is 12.0. The molecule has 3 rings (SSSR count). The van der Waals surface area contributed by atoms with E-state index in [1.165, 1.54) is 44.9 Å². The van der Waals surface area contributed by atoms with Gasteiger partial charge in [0, 0.05) is 24.0 Å². The Bertz CT molecular complexity index is 343. The number of likely N-dealkylation sites (tertiary alicyclic amines) is 1. The SMILES string of the molecule is CCC1(C(=O)N2CCCCC2C2CCCN2)CCCC1. The molecule has 2 atom stereocenters. The van der Waals surface area contributed by atoms with Crippen molar-refractivity contribution >= 4 is 5.91 Å². The molecule has 0 radical (unpaired) electrons. The molecule has 0 aromatic carbocycles. The summed E-state index contributed by atoms with van der Waals surface area (Å²) < 4.78 is 0. The summed E-state index contributed by atoms with van der Waals surface area (Å²) in [5.74, 6) is 0.496. The lowest BCUT2D eigenvalue weighted by Crippen LogP contribution is -2.56. The van der Waals surface area contributed by atoms with Crippen LogP contribution in [0.25, 0.3) is 0 Å². The van der Waals surface area contributed by atoms with Crippen LogP contribution in [0.3, 0.4) is 0 Å². The van der Waals surface area contributed by atoms with E-state index in [0.717, 1.165) is 32.4 Å². The summed E-state index contributed by atoms with van der Waals surface area (Å²) in [5, 5.41) is 3.64. The number of rotatable bonds is 3. The highest BCUT2D eigenvalue weighted by molar-refractivity contribution is 5.83.